The van der Waals surface area contributed by atoms with Gasteiger partial charge in [0.1, 0.15) is 0 Å². The molecule has 1 aromatic heterocycles. The third-order valence-corrected chi connectivity index (χ3v) is 3.89. The number of allylic oxidation sites excluding steroid dienone is 4. The SMILES string of the molecule is C=C(Cl)/C=C\C(C)=C(/c1ccccc1)c1ccc(Cl)n1B(C)F. The summed E-state index contributed by atoms with van der Waals surface area (Å²) in [5, 5.41) is 0.797. The summed E-state index contributed by atoms with van der Waals surface area (Å²) in [4.78, 5) is 0. The van der Waals surface area contributed by atoms with E-state index >= 15 is 0 Å². The Bertz CT molecular complexity index is 761. The van der Waals surface area contributed by atoms with Gasteiger partial charge in [0.2, 0.25) is 0 Å². The molecule has 0 saturated carbocycles. The molecule has 0 unspecified atom stereocenters. The third-order valence-electron chi connectivity index (χ3n) is 3.45. The van der Waals surface area contributed by atoms with E-state index in [0.29, 0.717) is 10.2 Å². The molecule has 5 heteroatoms. The summed E-state index contributed by atoms with van der Waals surface area (Å²) in [6, 6.07) is 13.3. The molecule has 0 spiro atoms. The second-order valence-corrected chi connectivity index (χ2v) is 6.06. The highest BCUT2D eigenvalue weighted by Gasteiger charge is 2.20. The van der Waals surface area contributed by atoms with Crippen molar-refractivity contribution in [2.45, 2.75) is 13.7 Å². The number of hydrogen-bond donors (Lipinski definition) is 0. The molecule has 0 aliphatic heterocycles. The first-order valence-corrected chi connectivity index (χ1v) is 7.97. The average Bonchev–Trinajstić information content (AvgIpc) is 2.88. The van der Waals surface area contributed by atoms with Gasteiger partial charge in [-0.05, 0) is 43.1 Å². The van der Waals surface area contributed by atoms with Crippen LogP contribution in [0.5, 0.6) is 0 Å². The Kier molecular flexibility index (Phi) is 5.92. The van der Waals surface area contributed by atoms with E-state index in [1.54, 1.807) is 12.1 Å². The van der Waals surface area contributed by atoms with Crippen LogP contribution in [0.25, 0.3) is 5.57 Å². The van der Waals surface area contributed by atoms with Gasteiger partial charge in [-0.2, -0.15) is 0 Å². The number of rotatable bonds is 5. The van der Waals surface area contributed by atoms with Crippen LogP contribution >= 0.6 is 23.2 Å². The molecule has 0 atom stereocenters. The minimum absolute atomic E-state index is 0.363. The van der Waals surface area contributed by atoms with Crippen LogP contribution in [-0.2, 0) is 0 Å². The van der Waals surface area contributed by atoms with Crippen LogP contribution in [-0.4, -0.2) is 11.6 Å². The number of nitrogens with zero attached hydrogens (tertiary/aromatic N) is 1. The predicted molar refractivity (Wildman–Crippen MR) is 99.8 cm³/mol. The van der Waals surface area contributed by atoms with Gasteiger partial charge in [0.05, 0.1) is 5.15 Å². The van der Waals surface area contributed by atoms with Gasteiger partial charge < -0.3 is 8.79 Å². The third kappa shape index (κ3) is 4.18. The highest BCUT2D eigenvalue weighted by atomic mass is 35.5. The summed E-state index contributed by atoms with van der Waals surface area (Å²) in [6.07, 6.45) is 3.58. The Hall–Kier alpha value is -1.71. The maximum Gasteiger partial charge on any atom is 0.463 e. The summed E-state index contributed by atoms with van der Waals surface area (Å²) in [5.74, 6) is 0. The molecule has 2 rings (SSSR count). The van der Waals surface area contributed by atoms with Gasteiger partial charge in [-0.25, -0.2) is 0 Å². The Morgan fingerprint density at radius 1 is 1.17 bits per heavy atom. The summed E-state index contributed by atoms with van der Waals surface area (Å²) >= 11 is 12.0. The average molecular weight is 348 g/mol. The fraction of sp³-hybridized carbons (Fsp3) is 0.111. The lowest BCUT2D eigenvalue weighted by Gasteiger charge is -2.15. The predicted octanol–water partition coefficient (Wildman–Crippen LogP) is 6.21. The molecular formula is C18H17BCl2FN. The van der Waals surface area contributed by atoms with E-state index in [-0.39, 0.29) is 0 Å². The molecule has 2 aromatic rings. The summed E-state index contributed by atoms with van der Waals surface area (Å²) < 4.78 is 15.5. The Morgan fingerprint density at radius 3 is 2.39 bits per heavy atom. The zero-order valence-corrected chi connectivity index (χ0v) is 14.6. The van der Waals surface area contributed by atoms with E-state index < -0.39 is 7.12 Å². The second kappa shape index (κ2) is 7.71. The molecule has 0 aliphatic carbocycles. The highest BCUT2D eigenvalue weighted by Crippen LogP contribution is 2.31. The zero-order chi connectivity index (χ0) is 17.0. The number of halogens is 3. The van der Waals surface area contributed by atoms with Crippen LogP contribution in [0, 0.1) is 0 Å². The molecule has 0 radical (unpaired) electrons. The Balaban J connectivity index is 2.69. The molecule has 0 aliphatic rings. The Labute approximate surface area is 146 Å². The van der Waals surface area contributed by atoms with Crippen molar-refractivity contribution in [3.05, 3.63) is 88.2 Å². The molecule has 0 N–H and O–H groups in total. The molecule has 1 heterocycles. The molecule has 0 bridgehead atoms. The standard InChI is InChI=1S/C18H17BCl2FN/c1-13(9-10-14(2)20)18(15-7-5-4-6-8-15)16-11-12-17(21)23(16)19(3)22/h4-12H,2H2,1,3H3/b10-9-,18-13+. The minimum atomic E-state index is -1.23. The van der Waals surface area contributed by atoms with Crippen molar-refractivity contribution < 1.29 is 4.32 Å². The van der Waals surface area contributed by atoms with Gasteiger partial charge in [-0.15, -0.1) is 0 Å². The number of hydrogen-bond acceptors (Lipinski definition) is 0. The topological polar surface area (TPSA) is 4.93 Å². The van der Waals surface area contributed by atoms with Crippen molar-refractivity contribution >= 4 is 35.9 Å². The van der Waals surface area contributed by atoms with Crippen molar-refractivity contribution in [2.75, 3.05) is 0 Å². The molecule has 23 heavy (non-hydrogen) atoms. The fourth-order valence-electron chi connectivity index (χ4n) is 2.47. The van der Waals surface area contributed by atoms with Crippen LogP contribution in [0.4, 0.5) is 4.32 Å². The maximum absolute atomic E-state index is 14.0. The zero-order valence-electron chi connectivity index (χ0n) is 13.1. The maximum atomic E-state index is 14.0. The summed E-state index contributed by atoms with van der Waals surface area (Å²) in [5.41, 5.74) is 3.54. The molecule has 0 fully saturated rings. The van der Waals surface area contributed by atoms with Crippen LogP contribution < -0.4 is 0 Å². The summed E-state index contributed by atoms with van der Waals surface area (Å²) in [6.45, 7) is 7.06. The van der Waals surface area contributed by atoms with Gasteiger partial charge >= 0.3 is 7.12 Å². The van der Waals surface area contributed by atoms with E-state index in [1.165, 1.54) is 11.3 Å². The quantitative estimate of drug-likeness (QED) is 0.447. The molecular weight excluding hydrogens is 331 g/mol. The van der Waals surface area contributed by atoms with Crippen molar-refractivity contribution in [3.63, 3.8) is 0 Å². The molecule has 0 saturated heterocycles. The van der Waals surface area contributed by atoms with Crippen LogP contribution in [0.2, 0.25) is 12.0 Å². The van der Waals surface area contributed by atoms with Gasteiger partial charge in [0.15, 0.2) is 0 Å². The molecule has 0 amide bonds. The van der Waals surface area contributed by atoms with Gasteiger partial charge in [-0.3, -0.25) is 0 Å². The lowest BCUT2D eigenvalue weighted by Crippen LogP contribution is -2.17. The smallest absolute Gasteiger partial charge is 0.347 e. The normalized spacial score (nSPS) is 12.4. The van der Waals surface area contributed by atoms with Crippen LogP contribution in [0.1, 0.15) is 18.2 Å². The van der Waals surface area contributed by atoms with E-state index in [1.807, 2.05) is 49.4 Å². The molecule has 1 aromatic carbocycles. The second-order valence-electron chi connectivity index (χ2n) is 5.19. The van der Waals surface area contributed by atoms with Crippen molar-refractivity contribution in [3.8, 4) is 0 Å². The van der Waals surface area contributed by atoms with Crippen LogP contribution in [0.3, 0.4) is 0 Å². The largest absolute Gasteiger partial charge is 0.463 e. The van der Waals surface area contributed by atoms with Gasteiger partial charge in [-0.1, -0.05) is 66.2 Å². The minimum Gasteiger partial charge on any atom is -0.347 e. The van der Waals surface area contributed by atoms with Gasteiger partial charge in [0.25, 0.3) is 0 Å². The number of benzene rings is 1. The fourth-order valence-corrected chi connectivity index (χ4v) is 2.82. The van der Waals surface area contributed by atoms with E-state index in [0.717, 1.165) is 22.4 Å². The summed E-state index contributed by atoms with van der Waals surface area (Å²) in [7, 11) is -1.23. The van der Waals surface area contributed by atoms with Gasteiger partial charge in [0, 0.05) is 16.3 Å². The Morgan fingerprint density at radius 2 is 1.83 bits per heavy atom. The van der Waals surface area contributed by atoms with Crippen molar-refractivity contribution in [1.29, 1.82) is 0 Å². The van der Waals surface area contributed by atoms with E-state index in [2.05, 4.69) is 6.58 Å². The van der Waals surface area contributed by atoms with Crippen molar-refractivity contribution in [1.82, 2.24) is 4.48 Å². The monoisotopic (exact) mass is 347 g/mol. The van der Waals surface area contributed by atoms with Crippen molar-refractivity contribution in [2.24, 2.45) is 0 Å². The highest BCUT2D eigenvalue weighted by molar-refractivity contribution is 6.50. The number of aromatic nitrogens is 1. The first-order chi connectivity index (χ1) is 10.9. The van der Waals surface area contributed by atoms with Crippen LogP contribution in [0.15, 0.2) is 71.8 Å². The molecule has 118 valence electrons. The lowest BCUT2D eigenvalue weighted by molar-refractivity contribution is 0.797. The van der Waals surface area contributed by atoms with E-state index in [4.69, 9.17) is 23.2 Å². The molecule has 1 nitrogen and oxygen atoms in total. The van der Waals surface area contributed by atoms with E-state index in [9.17, 15) is 4.32 Å². The first-order valence-electron chi connectivity index (χ1n) is 7.21. The lowest BCUT2D eigenvalue weighted by atomic mass is 9.89. The first kappa shape index (κ1) is 17.6.